The minimum Gasteiger partial charge on any atom is -0.491 e. The van der Waals surface area contributed by atoms with Crippen molar-refractivity contribution in [2.45, 2.75) is 42.6 Å². The molecule has 6 aromatic rings. The molecule has 1 aromatic heterocycles. The number of benzene rings is 5. The number of morpholine rings is 1. The second-order valence-corrected chi connectivity index (χ2v) is 14.8. The Labute approximate surface area is 340 Å². The summed E-state index contributed by atoms with van der Waals surface area (Å²) >= 11 is 0. The van der Waals surface area contributed by atoms with Crippen LogP contribution in [0, 0.1) is 17.8 Å². The number of nitrogens with one attached hydrogen (secondary N) is 3. The molecular formula is C47H41N5O7. The summed E-state index contributed by atoms with van der Waals surface area (Å²) in [4.78, 5) is 55.6. The first kappa shape index (κ1) is 37.8. The van der Waals surface area contributed by atoms with Crippen molar-refractivity contribution in [2.75, 3.05) is 25.1 Å². The molecule has 0 bridgehead atoms. The van der Waals surface area contributed by atoms with Crippen molar-refractivity contribution in [3.05, 3.63) is 161 Å². The van der Waals surface area contributed by atoms with Gasteiger partial charge >= 0.3 is 5.97 Å². The molecule has 12 heteroatoms. The normalized spacial score (nSPS) is 23.2. The Balaban J connectivity index is 1.28. The fourth-order valence-corrected chi connectivity index (χ4v) is 9.17. The second-order valence-electron chi connectivity index (χ2n) is 14.8. The van der Waals surface area contributed by atoms with Gasteiger partial charge in [0.1, 0.15) is 35.7 Å². The van der Waals surface area contributed by atoms with Gasteiger partial charge < -0.3 is 35.3 Å². The number of rotatable bonds is 10. The third-order valence-corrected chi connectivity index (χ3v) is 11.5. The van der Waals surface area contributed by atoms with E-state index in [1.165, 1.54) is 0 Å². The first-order valence-electron chi connectivity index (χ1n) is 19.6. The summed E-state index contributed by atoms with van der Waals surface area (Å²) in [5.41, 5.74) is 3.65. The van der Waals surface area contributed by atoms with Crippen LogP contribution in [0.25, 0.3) is 11.0 Å². The van der Waals surface area contributed by atoms with E-state index in [2.05, 4.69) is 32.4 Å². The number of fused-ring (bicyclic) bond motifs is 4. The van der Waals surface area contributed by atoms with E-state index < -0.39 is 53.3 Å². The fraction of sp³-hybridized carbons (Fsp3) is 0.234. The number of H-pyrrole nitrogens is 1. The maximum Gasteiger partial charge on any atom is 0.324 e. The molecule has 0 aliphatic carbocycles. The number of anilines is 1. The molecule has 5 N–H and O–H groups in total. The van der Waals surface area contributed by atoms with Gasteiger partial charge in [0, 0.05) is 17.7 Å². The molecule has 3 aliphatic rings. The number of cyclic esters (lactones) is 1. The van der Waals surface area contributed by atoms with Crippen molar-refractivity contribution in [3.8, 4) is 17.6 Å². The van der Waals surface area contributed by atoms with Gasteiger partial charge in [0.15, 0.2) is 0 Å². The molecular weight excluding hydrogens is 747 g/mol. The lowest BCUT2D eigenvalue weighted by atomic mass is 9.65. The van der Waals surface area contributed by atoms with E-state index in [9.17, 15) is 10.2 Å². The summed E-state index contributed by atoms with van der Waals surface area (Å²) in [6.45, 7) is -0.196. The van der Waals surface area contributed by atoms with Crippen LogP contribution in [0.3, 0.4) is 0 Å². The van der Waals surface area contributed by atoms with Gasteiger partial charge in [-0.2, -0.15) is 0 Å². The maximum absolute atomic E-state index is 15.4. The Morgan fingerprint density at radius 1 is 0.847 bits per heavy atom. The van der Waals surface area contributed by atoms with Gasteiger partial charge in [-0.15, -0.1) is 0 Å². The lowest BCUT2D eigenvalue weighted by molar-refractivity contribution is -0.178. The van der Waals surface area contributed by atoms with E-state index >= 15 is 14.4 Å². The lowest BCUT2D eigenvalue weighted by Crippen LogP contribution is -2.54. The first-order chi connectivity index (χ1) is 28.9. The number of imidazole rings is 1. The minimum atomic E-state index is -1.71. The zero-order chi connectivity index (χ0) is 40.5. The number of hydrogen-bond donors (Lipinski definition) is 5. The summed E-state index contributed by atoms with van der Waals surface area (Å²) in [6.07, 6.45) is -0.563. The Hall–Kier alpha value is -6.78. The standard InChI is InChI=1S/C47H41N5O7/c53-24-10-9-11-29-18-23-35-34(27-29)47(46(57)51-35)39(44(55)48-28-38-49-36-16-7-8-17-37(36)50-38)41-45(56)59-42(31-14-5-2-6-15-31)40(30-12-3-1-4-13-30)52(41)43(47)32-19-21-33(22-20-32)58-26-25-54/h1-8,12-23,27,39-43,53-54H,10,24-26,28H2,(H,48,55)(H,49,50)(H,51,57)/t39-,40-,41-,42+,43+,47-/m0/s1. The van der Waals surface area contributed by atoms with Crippen molar-refractivity contribution in [1.82, 2.24) is 20.2 Å². The largest absolute Gasteiger partial charge is 0.491 e. The van der Waals surface area contributed by atoms with Gasteiger partial charge in [0.2, 0.25) is 11.8 Å². The molecule has 4 heterocycles. The van der Waals surface area contributed by atoms with Crippen LogP contribution in [0.2, 0.25) is 0 Å². The number of carbonyl (C=O) groups excluding carboxylic acids is 3. The summed E-state index contributed by atoms with van der Waals surface area (Å²) in [5, 5.41) is 25.1. The third kappa shape index (κ3) is 6.59. The van der Waals surface area contributed by atoms with Crippen LogP contribution in [0.1, 0.15) is 58.3 Å². The zero-order valence-corrected chi connectivity index (χ0v) is 31.9. The molecule has 1 spiro atoms. The van der Waals surface area contributed by atoms with Crippen molar-refractivity contribution >= 4 is 34.5 Å². The highest BCUT2D eigenvalue weighted by Gasteiger charge is 2.74. The van der Waals surface area contributed by atoms with Crippen LogP contribution < -0.4 is 15.4 Å². The number of aromatic nitrogens is 2. The van der Waals surface area contributed by atoms with E-state index in [-0.39, 0.29) is 32.8 Å². The van der Waals surface area contributed by atoms with E-state index in [4.69, 9.17) is 9.47 Å². The number of amides is 2. The Morgan fingerprint density at radius 3 is 2.31 bits per heavy atom. The minimum absolute atomic E-state index is 0.000669. The molecule has 0 unspecified atom stereocenters. The lowest BCUT2D eigenvalue weighted by Gasteiger charge is -2.46. The van der Waals surface area contributed by atoms with E-state index in [1.54, 1.807) is 24.3 Å². The molecule has 0 radical (unpaired) electrons. The number of hydrogen-bond acceptors (Lipinski definition) is 9. The maximum atomic E-state index is 15.4. The molecule has 5 aromatic carbocycles. The van der Waals surface area contributed by atoms with Gasteiger partial charge in [-0.05, 0) is 64.7 Å². The molecule has 0 saturated carbocycles. The number of ether oxygens (including phenoxy) is 2. The van der Waals surface area contributed by atoms with E-state index in [1.807, 2.05) is 108 Å². The molecule has 2 amide bonds. The van der Waals surface area contributed by atoms with E-state index in [0.29, 0.717) is 34.0 Å². The van der Waals surface area contributed by atoms with Crippen molar-refractivity contribution in [2.24, 2.45) is 5.92 Å². The van der Waals surface area contributed by atoms with Gasteiger partial charge in [-0.1, -0.05) is 96.8 Å². The van der Waals surface area contributed by atoms with Crippen LogP contribution in [0.15, 0.2) is 127 Å². The quantitative estimate of drug-likeness (QED) is 0.0921. The van der Waals surface area contributed by atoms with Gasteiger partial charge in [-0.25, -0.2) is 4.98 Å². The number of nitrogens with zero attached hydrogens (tertiary/aromatic N) is 2. The van der Waals surface area contributed by atoms with Gasteiger partial charge in [0.25, 0.3) is 0 Å². The molecule has 12 nitrogen and oxygen atoms in total. The highest BCUT2D eigenvalue weighted by atomic mass is 16.6. The zero-order valence-electron chi connectivity index (χ0n) is 31.9. The predicted octanol–water partition coefficient (Wildman–Crippen LogP) is 5.26. The number of para-hydroxylation sites is 2. The SMILES string of the molecule is O=C1O[C@H](c2ccccc2)[C@H](c2ccccc2)N2[C@H]1[C@@H](C(=O)NCc1nc3ccccc3[nH]1)[C@]1(C(=O)Nc3ccc(C#CCCO)cc31)[C@H]2c1ccc(OCCO)cc1. The Kier molecular flexibility index (Phi) is 10.2. The summed E-state index contributed by atoms with van der Waals surface area (Å²) in [6, 6.07) is 36.5. The third-order valence-electron chi connectivity index (χ3n) is 11.5. The molecule has 2 fully saturated rings. The first-order valence-corrected chi connectivity index (χ1v) is 19.6. The van der Waals surface area contributed by atoms with E-state index in [0.717, 1.165) is 22.2 Å². The smallest absolute Gasteiger partial charge is 0.324 e. The van der Waals surface area contributed by atoms with Gasteiger partial charge in [0.05, 0.1) is 48.8 Å². The van der Waals surface area contributed by atoms with Crippen molar-refractivity contribution < 1.29 is 34.1 Å². The predicted molar refractivity (Wildman–Crippen MR) is 219 cm³/mol. The number of esters is 1. The molecule has 3 aliphatic heterocycles. The molecule has 59 heavy (non-hydrogen) atoms. The highest BCUT2D eigenvalue weighted by molar-refractivity contribution is 6.12. The van der Waals surface area contributed by atoms with Crippen molar-refractivity contribution in [3.63, 3.8) is 0 Å². The number of aromatic amines is 1. The number of carbonyl (C=O) groups is 3. The summed E-state index contributed by atoms with van der Waals surface area (Å²) < 4.78 is 12.2. The number of aliphatic hydroxyl groups excluding tert-OH is 2. The van der Waals surface area contributed by atoms with Crippen LogP contribution in [-0.4, -0.2) is 68.7 Å². The van der Waals surface area contributed by atoms with Crippen LogP contribution in [0.5, 0.6) is 5.75 Å². The van der Waals surface area contributed by atoms with Gasteiger partial charge in [-0.3, -0.25) is 19.3 Å². The molecule has 6 atom stereocenters. The molecule has 296 valence electrons. The topological polar surface area (TPSA) is 166 Å². The monoisotopic (exact) mass is 787 g/mol. The average Bonchev–Trinajstić information content (AvgIpc) is 3.93. The Morgan fingerprint density at radius 2 is 1.58 bits per heavy atom. The second kappa shape index (κ2) is 15.9. The number of aliphatic hydroxyl groups is 2. The molecule has 9 rings (SSSR count). The van der Waals surface area contributed by atoms with Crippen LogP contribution >= 0.6 is 0 Å². The Bertz CT molecular complexity index is 2550. The van der Waals surface area contributed by atoms with Crippen LogP contribution in [0.4, 0.5) is 5.69 Å². The van der Waals surface area contributed by atoms with Crippen LogP contribution in [-0.2, 0) is 31.1 Å². The van der Waals surface area contributed by atoms with Crippen molar-refractivity contribution in [1.29, 1.82) is 0 Å². The average molecular weight is 788 g/mol. The summed E-state index contributed by atoms with van der Waals surface area (Å²) in [5.74, 6) is 4.16. The molecule has 2 saturated heterocycles. The summed E-state index contributed by atoms with van der Waals surface area (Å²) in [7, 11) is 0. The fourth-order valence-electron chi connectivity index (χ4n) is 9.17. The highest BCUT2D eigenvalue weighted by Crippen LogP contribution is 2.64.